The van der Waals surface area contributed by atoms with E-state index in [-0.39, 0.29) is 5.91 Å². The first-order valence-electron chi connectivity index (χ1n) is 11.5. The van der Waals surface area contributed by atoms with Crippen LogP contribution in [-0.4, -0.2) is 32.1 Å². The van der Waals surface area contributed by atoms with Crippen LogP contribution in [0.3, 0.4) is 0 Å². The van der Waals surface area contributed by atoms with E-state index in [1.54, 1.807) is 11.3 Å². The summed E-state index contributed by atoms with van der Waals surface area (Å²) >= 11 is 1.62. The number of carbonyl (C=O) groups is 1. The molecule has 1 amide bonds. The minimum Gasteiger partial charge on any atom is -0.302 e. The number of hydrogen-bond acceptors (Lipinski definition) is 5. The minimum atomic E-state index is 0.0210. The van der Waals surface area contributed by atoms with Crippen LogP contribution >= 0.6 is 11.3 Å². The quantitative estimate of drug-likeness (QED) is 0.537. The third-order valence-electron chi connectivity index (χ3n) is 5.98. The molecule has 0 aliphatic carbocycles. The van der Waals surface area contributed by atoms with Gasteiger partial charge in [0.2, 0.25) is 5.91 Å². The molecule has 1 aliphatic heterocycles. The van der Waals surface area contributed by atoms with Crippen molar-refractivity contribution < 1.29 is 4.79 Å². The number of thiazole rings is 1. The Morgan fingerprint density at radius 2 is 2.00 bits per heavy atom. The third-order valence-corrected chi connectivity index (χ3v) is 6.97. The van der Waals surface area contributed by atoms with Crippen LogP contribution in [0.25, 0.3) is 0 Å². The maximum absolute atomic E-state index is 12.6. The van der Waals surface area contributed by atoms with Gasteiger partial charge in [0.1, 0.15) is 0 Å². The van der Waals surface area contributed by atoms with Gasteiger partial charge < -0.3 is 5.32 Å². The summed E-state index contributed by atoms with van der Waals surface area (Å²) in [6.07, 6.45) is 2.08. The van der Waals surface area contributed by atoms with Crippen molar-refractivity contribution in [2.24, 2.45) is 5.92 Å². The summed E-state index contributed by atoms with van der Waals surface area (Å²) in [7, 11) is 0. The van der Waals surface area contributed by atoms with Gasteiger partial charge in [0.25, 0.3) is 0 Å². The molecule has 0 spiro atoms. The molecule has 170 valence electrons. The zero-order valence-corrected chi connectivity index (χ0v) is 20.3. The van der Waals surface area contributed by atoms with Crippen molar-refractivity contribution >= 4 is 22.4 Å². The largest absolute Gasteiger partial charge is 0.302 e. The Morgan fingerprint density at radius 3 is 2.75 bits per heavy atom. The number of hydrogen-bond donors (Lipinski definition) is 1. The number of amides is 1. The zero-order valence-electron chi connectivity index (χ0n) is 19.5. The van der Waals surface area contributed by atoms with E-state index in [0.29, 0.717) is 18.8 Å². The van der Waals surface area contributed by atoms with E-state index < -0.39 is 0 Å². The van der Waals surface area contributed by atoms with Crippen LogP contribution in [0, 0.1) is 19.8 Å². The van der Waals surface area contributed by atoms with Gasteiger partial charge >= 0.3 is 0 Å². The predicted molar refractivity (Wildman–Crippen MR) is 130 cm³/mol. The van der Waals surface area contributed by atoms with Crippen molar-refractivity contribution in [1.82, 2.24) is 19.7 Å². The summed E-state index contributed by atoms with van der Waals surface area (Å²) in [6, 6.07) is 10.6. The lowest BCUT2D eigenvalue weighted by Crippen LogP contribution is -2.29. The highest BCUT2D eigenvalue weighted by Crippen LogP contribution is 2.29. The normalized spacial score (nSPS) is 14.0. The van der Waals surface area contributed by atoms with Crippen molar-refractivity contribution in [1.29, 1.82) is 0 Å². The summed E-state index contributed by atoms with van der Waals surface area (Å²) in [4.78, 5) is 21.0. The van der Waals surface area contributed by atoms with Gasteiger partial charge in [-0.3, -0.25) is 14.4 Å². The lowest BCUT2D eigenvalue weighted by Gasteiger charge is -2.25. The zero-order chi connectivity index (χ0) is 22.7. The average molecular weight is 452 g/mol. The maximum atomic E-state index is 12.6. The second kappa shape index (κ2) is 9.96. The van der Waals surface area contributed by atoms with Crippen LogP contribution < -0.4 is 5.32 Å². The summed E-state index contributed by atoms with van der Waals surface area (Å²) in [6.45, 7) is 12.3. The van der Waals surface area contributed by atoms with Crippen LogP contribution in [0.15, 0.2) is 30.3 Å². The van der Waals surface area contributed by atoms with Gasteiger partial charge in [0.15, 0.2) is 5.13 Å². The molecule has 0 saturated carbocycles. The molecule has 0 radical (unpaired) electrons. The highest BCUT2D eigenvalue weighted by molar-refractivity contribution is 7.15. The highest BCUT2D eigenvalue weighted by atomic mass is 32.1. The Hall–Kier alpha value is -2.51. The molecule has 0 fully saturated rings. The maximum Gasteiger partial charge on any atom is 0.226 e. The molecule has 2 aromatic heterocycles. The van der Waals surface area contributed by atoms with E-state index in [0.717, 1.165) is 49.1 Å². The Kier molecular flexibility index (Phi) is 7.06. The van der Waals surface area contributed by atoms with Crippen LogP contribution in [0.1, 0.15) is 53.4 Å². The molecular weight excluding hydrogens is 418 g/mol. The molecule has 0 bridgehead atoms. The number of fused-ring (bicyclic) bond motifs is 1. The van der Waals surface area contributed by atoms with Gasteiger partial charge in [-0.1, -0.05) is 44.2 Å². The van der Waals surface area contributed by atoms with E-state index in [2.05, 4.69) is 71.1 Å². The number of benzene rings is 1. The Bertz CT molecular complexity index is 1070. The van der Waals surface area contributed by atoms with Gasteiger partial charge in [0.05, 0.1) is 11.4 Å². The number of nitrogens with zero attached hydrogens (tertiary/aromatic N) is 4. The molecule has 3 heterocycles. The summed E-state index contributed by atoms with van der Waals surface area (Å²) < 4.78 is 2.07. The Balaban J connectivity index is 1.32. The SMILES string of the molecule is Cc1nn(CC(C)C)c(C)c1CCC(=O)Nc1nc2c(s1)CN(Cc1ccccc1)CC2. The molecule has 1 N–H and O–H groups in total. The van der Waals surface area contributed by atoms with Crippen LogP contribution in [0.2, 0.25) is 0 Å². The second-order valence-electron chi connectivity index (χ2n) is 9.11. The third kappa shape index (κ3) is 5.45. The Labute approximate surface area is 194 Å². The topological polar surface area (TPSA) is 63.1 Å². The molecule has 3 aromatic rings. The molecule has 0 atom stereocenters. The molecule has 0 unspecified atom stereocenters. The van der Waals surface area contributed by atoms with Crippen molar-refractivity contribution in [3.8, 4) is 0 Å². The standard InChI is InChI=1S/C25H33N5OS/c1-17(2)14-30-19(4)21(18(3)28-30)10-11-24(31)27-25-26-22-12-13-29(16-23(22)32-25)15-20-8-6-5-7-9-20/h5-9,17H,10-16H2,1-4H3,(H,26,27,31). The molecule has 7 heteroatoms. The minimum absolute atomic E-state index is 0.0210. The number of aryl methyl sites for hydroxylation is 1. The van der Waals surface area contributed by atoms with E-state index in [4.69, 9.17) is 4.98 Å². The van der Waals surface area contributed by atoms with Crippen molar-refractivity contribution in [2.45, 2.75) is 66.6 Å². The summed E-state index contributed by atoms with van der Waals surface area (Å²) in [5, 5.41) is 8.43. The van der Waals surface area contributed by atoms with Gasteiger partial charge in [-0.25, -0.2) is 4.98 Å². The number of aromatic nitrogens is 3. The van der Waals surface area contributed by atoms with Gasteiger partial charge in [0, 0.05) is 49.6 Å². The monoisotopic (exact) mass is 451 g/mol. The van der Waals surface area contributed by atoms with E-state index in [1.165, 1.54) is 21.7 Å². The second-order valence-corrected chi connectivity index (χ2v) is 10.2. The van der Waals surface area contributed by atoms with E-state index in [1.807, 2.05) is 6.92 Å². The predicted octanol–water partition coefficient (Wildman–Crippen LogP) is 4.74. The average Bonchev–Trinajstić information content (AvgIpc) is 3.26. The number of nitrogens with one attached hydrogen (secondary N) is 1. The lowest BCUT2D eigenvalue weighted by molar-refractivity contribution is -0.116. The van der Waals surface area contributed by atoms with Gasteiger partial charge in [-0.15, -0.1) is 11.3 Å². The van der Waals surface area contributed by atoms with Crippen LogP contribution in [0.5, 0.6) is 0 Å². The molecule has 4 rings (SSSR count). The first-order valence-corrected chi connectivity index (χ1v) is 12.3. The fourth-order valence-corrected chi connectivity index (χ4v) is 5.38. The first kappa shape index (κ1) is 22.7. The lowest BCUT2D eigenvalue weighted by atomic mass is 10.1. The molecule has 6 nitrogen and oxygen atoms in total. The van der Waals surface area contributed by atoms with Crippen molar-refractivity contribution in [3.05, 3.63) is 63.4 Å². The summed E-state index contributed by atoms with van der Waals surface area (Å²) in [5.41, 5.74) is 5.86. The molecular formula is C25H33N5OS. The van der Waals surface area contributed by atoms with Gasteiger partial charge in [-0.05, 0) is 37.3 Å². The number of rotatable bonds is 8. The number of carbonyl (C=O) groups excluding carboxylic acids is 1. The fraction of sp³-hybridized carbons (Fsp3) is 0.480. The smallest absolute Gasteiger partial charge is 0.226 e. The first-order chi connectivity index (χ1) is 15.4. The fourth-order valence-electron chi connectivity index (χ4n) is 4.32. The molecule has 1 aliphatic rings. The van der Waals surface area contributed by atoms with E-state index in [9.17, 15) is 4.79 Å². The van der Waals surface area contributed by atoms with Crippen molar-refractivity contribution in [2.75, 3.05) is 11.9 Å². The summed E-state index contributed by atoms with van der Waals surface area (Å²) in [5.74, 6) is 0.566. The van der Waals surface area contributed by atoms with E-state index >= 15 is 0 Å². The molecule has 0 saturated heterocycles. The van der Waals surface area contributed by atoms with Crippen molar-refractivity contribution in [3.63, 3.8) is 0 Å². The van der Waals surface area contributed by atoms with Crippen LogP contribution in [0.4, 0.5) is 5.13 Å². The molecule has 1 aromatic carbocycles. The van der Waals surface area contributed by atoms with Gasteiger partial charge in [-0.2, -0.15) is 5.10 Å². The van der Waals surface area contributed by atoms with Crippen LogP contribution in [-0.2, 0) is 37.3 Å². The number of anilines is 1. The molecule has 32 heavy (non-hydrogen) atoms. The highest BCUT2D eigenvalue weighted by Gasteiger charge is 2.22. The Morgan fingerprint density at radius 1 is 1.22 bits per heavy atom.